The van der Waals surface area contributed by atoms with Crippen LogP contribution < -0.4 is 4.90 Å². The summed E-state index contributed by atoms with van der Waals surface area (Å²) >= 11 is 1.59. The van der Waals surface area contributed by atoms with Crippen molar-refractivity contribution >= 4 is 28.6 Å². The number of rotatable bonds is 4. The predicted octanol–water partition coefficient (Wildman–Crippen LogP) is 4.88. The predicted molar refractivity (Wildman–Crippen MR) is 112 cm³/mol. The molecule has 9 heteroatoms. The van der Waals surface area contributed by atoms with Gasteiger partial charge in [-0.2, -0.15) is 13.2 Å². The number of nitrogens with zero attached hydrogens (tertiary/aromatic N) is 4. The minimum absolute atomic E-state index is 0.0373. The molecular weight excluding hydrogens is 413 g/mol. The van der Waals surface area contributed by atoms with Gasteiger partial charge in [0.05, 0.1) is 12.6 Å². The molecule has 0 unspecified atom stereocenters. The standard InChI is InChI=1S/C21H23F3N4OS/c1-12(2)19-16-9-13-8-14(11-29)17(30-3)10-15(13)27(16)6-7-28(19)20-25-5-4-18(26-20)21(22,23)24/h4-5,8-10,12,19,29H,6-7,11H2,1-3H3/t19-/m1/s1. The first-order chi connectivity index (χ1) is 14.2. The van der Waals surface area contributed by atoms with Crippen LogP contribution in [0, 0.1) is 5.92 Å². The van der Waals surface area contributed by atoms with Crippen molar-refractivity contribution in [1.82, 2.24) is 14.5 Å². The van der Waals surface area contributed by atoms with Gasteiger partial charge in [-0.1, -0.05) is 13.8 Å². The molecule has 0 spiro atoms. The van der Waals surface area contributed by atoms with Gasteiger partial charge in [0.25, 0.3) is 0 Å². The van der Waals surface area contributed by atoms with E-state index in [2.05, 4.69) is 26.7 Å². The second-order valence-electron chi connectivity index (χ2n) is 7.72. The maximum absolute atomic E-state index is 13.2. The van der Waals surface area contributed by atoms with Crippen LogP contribution in [0.3, 0.4) is 0 Å². The lowest BCUT2D eigenvalue weighted by Gasteiger charge is -2.39. The fourth-order valence-corrected chi connectivity index (χ4v) is 4.86. The summed E-state index contributed by atoms with van der Waals surface area (Å²) in [5.74, 6) is 0.227. The summed E-state index contributed by atoms with van der Waals surface area (Å²) in [4.78, 5) is 10.9. The van der Waals surface area contributed by atoms with Crippen LogP contribution in [0.1, 0.15) is 36.8 Å². The smallest absolute Gasteiger partial charge is 0.392 e. The molecule has 0 saturated heterocycles. The summed E-state index contributed by atoms with van der Waals surface area (Å²) in [6.07, 6.45) is -1.36. The monoisotopic (exact) mass is 436 g/mol. The molecule has 5 nitrogen and oxygen atoms in total. The summed E-state index contributed by atoms with van der Waals surface area (Å²) in [7, 11) is 0. The average molecular weight is 437 g/mol. The van der Waals surface area contributed by atoms with Crippen molar-refractivity contribution in [2.75, 3.05) is 17.7 Å². The number of thioether (sulfide) groups is 1. The molecule has 4 rings (SSSR count). The minimum Gasteiger partial charge on any atom is -0.392 e. The van der Waals surface area contributed by atoms with Crippen LogP contribution >= 0.6 is 11.8 Å². The number of halogens is 3. The van der Waals surface area contributed by atoms with Crippen LogP contribution in [0.2, 0.25) is 0 Å². The van der Waals surface area contributed by atoms with E-state index in [1.54, 1.807) is 11.8 Å². The Morgan fingerprint density at radius 3 is 2.63 bits per heavy atom. The highest BCUT2D eigenvalue weighted by Crippen LogP contribution is 2.40. The van der Waals surface area contributed by atoms with Crippen LogP contribution in [0.4, 0.5) is 19.1 Å². The second kappa shape index (κ2) is 7.77. The quantitative estimate of drug-likeness (QED) is 0.591. The topological polar surface area (TPSA) is 54.2 Å². The summed E-state index contributed by atoms with van der Waals surface area (Å²) in [5, 5.41) is 10.7. The fourth-order valence-electron chi connectivity index (χ4n) is 4.24. The number of hydrogen-bond donors (Lipinski definition) is 1. The van der Waals surface area contributed by atoms with Crippen LogP contribution in [0.15, 0.2) is 35.4 Å². The SMILES string of the molecule is CSc1cc2c(cc1CO)cc1n2CCN(c2nccc(C(F)(F)F)n2)[C@@H]1C(C)C. The molecule has 3 heterocycles. The van der Waals surface area contributed by atoms with Crippen LogP contribution in [0.5, 0.6) is 0 Å². The Hall–Kier alpha value is -2.26. The fraction of sp³-hybridized carbons (Fsp3) is 0.429. The van der Waals surface area contributed by atoms with E-state index in [-0.39, 0.29) is 24.5 Å². The Balaban J connectivity index is 1.83. The first kappa shape index (κ1) is 21.0. The van der Waals surface area contributed by atoms with E-state index >= 15 is 0 Å². The molecule has 1 aromatic carbocycles. The number of aromatic nitrogens is 3. The van der Waals surface area contributed by atoms with Gasteiger partial charge in [-0.3, -0.25) is 0 Å². The zero-order chi connectivity index (χ0) is 21.6. The molecule has 160 valence electrons. The molecule has 2 aromatic heterocycles. The summed E-state index contributed by atoms with van der Waals surface area (Å²) in [6, 6.07) is 6.89. The molecule has 1 aliphatic rings. The van der Waals surface area contributed by atoms with E-state index in [1.165, 1.54) is 6.20 Å². The molecule has 0 saturated carbocycles. The van der Waals surface area contributed by atoms with Gasteiger partial charge in [-0.15, -0.1) is 11.8 Å². The van der Waals surface area contributed by atoms with Crippen LogP contribution in [-0.2, 0) is 19.3 Å². The summed E-state index contributed by atoms with van der Waals surface area (Å²) < 4.78 is 41.8. The lowest BCUT2D eigenvalue weighted by atomic mass is 9.97. The maximum atomic E-state index is 13.2. The molecule has 1 aliphatic heterocycles. The van der Waals surface area contributed by atoms with Gasteiger partial charge < -0.3 is 14.6 Å². The Morgan fingerprint density at radius 1 is 1.23 bits per heavy atom. The number of aliphatic hydroxyl groups is 1. The Kier molecular flexibility index (Phi) is 5.44. The summed E-state index contributed by atoms with van der Waals surface area (Å²) in [5.41, 5.74) is 2.03. The van der Waals surface area contributed by atoms with Crippen molar-refractivity contribution in [3.63, 3.8) is 0 Å². The molecule has 0 radical (unpaired) electrons. The van der Waals surface area contributed by atoms with Gasteiger partial charge in [-0.05, 0) is 42.0 Å². The van der Waals surface area contributed by atoms with Crippen molar-refractivity contribution in [2.24, 2.45) is 5.92 Å². The van der Waals surface area contributed by atoms with Gasteiger partial charge in [-0.25, -0.2) is 9.97 Å². The Bertz CT molecular complexity index is 1080. The van der Waals surface area contributed by atoms with E-state index in [9.17, 15) is 18.3 Å². The zero-order valence-electron chi connectivity index (χ0n) is 16.9. The number of alkyl halides is 3. The number of aliphatic hydroxyl groups excluding tert-OH is 1. The normalized spacial score (nSPS) is 17.1. The van der Waals surface area contributed by atoms with Crippen molar-refractivity contribution in [3.05, 3.63) is 47.4 Å². The molecule has 3 aromatic rings. The van der Waals surface area contributed by atoms with E-state index in [0.717, 1.165) is 33.1 Å². The molecule has 1 N–H and O–H groups in total. The number of fused-ring (bicyclic) bond motifs is 3. The van der Waals surface area contributed by atoms with Gasteiger partial charge >= 0.3 is 6.18 Å². The Labute approximate surface area is 176 Å². The van der Waals surface area contributed by atoms with Gasteiger partial charge in [0, 0.05) is 40.8 Å². The number of benzene rings is 1. The van der Waals surface area contributed by atoms with E-state index in [4.69, 9.17) is 0 Å². The molecule has 0 amide bonds. The van der Waals surface area contributed by atoms with E-state index in [1.807, 2.05) is 31.1 Å². The van der Waals surface area contributed by atoms with Gasteiger partial charge in [0.15, 0.2) is 0 Å². The third kappa shape index (κ3) is 3.54. The molecule has 30 heavy (non-hydrogen) atoms. The van der Waals surface area contributed by atoms with E-state index < -0.39 is 11.9 Å². The van der Waals surface area contributed by atoms with E-state index in [0.29, 0.717) is 13.1 Å². The average Bonchev–Trinajstić information content (AvgIpc) is 3.08. The van der Waals surface area contributed by atoms with Crippen molar-refractivity contribution < 1.29 is 18.3 Å². The molecule has 0 bridgehead atoms. The first-order valence-electron chi connectivity index (χ1n) is 9.72. The maximum Gasteiger partial charge on any atom is 0.433 e. The third-order valence-corrected chi connectivity index (χ3v) is 6.35. The second-order valence-corrected chi connectivity index (χ2v) is 8.57. The Morgan fingerprint density at radius 2 is 2.00 bits per heavy atom. The van der Waals surface area contributed by atoms with Crippen molar-refractivity contribution in [3.8, 4) is 0 Å². The molecule has 1 atom stereocenters. The van der Waals surface area contributed by atoms with Gasteiger partial charge in [0.1, 0.15) is 5.69 Å². The zero-order valence-corrected chi connectivity index (χ0v) is 17.8. The molecule has 0 aliphatic carbocycles. The van der Waals surface area contributed by atoms with Gasteiger partial charge in [0.2, 0.25) is 5.95 Å². The highest BCUT2D eigenvalue weighted by atomic mass is 32.2. The third-order valence-electron chi connectivity index (χ3n) is 5.53. The largest absolute Gasteiger partial charge is 0.433 e. The van der Waals surface area contributed by atoms with Crippen LogP contribution in [-0.4, -0.2) is 32.4 Å². The number of hydrogen-bond acceptors (Lipinski definition) is 5. The lowest BCUT2D eigenvalue weighted by molar-refractivity contribution is -0.141. The first-order valence-corrected chi connectivity index (χ1v) is 10.9. The highest BCUT2D eigenvalue weighted by molar-refractivity contribution is 7.98. The minimum atomic E-state index is -4.51. The lowest BCUT2D eigenvalue weighted by Crippen LogP contribution is -2.41. The number of anilines is 1. The summed E-state index contributed by atoms with van der Waals surface area (Å²) in [6.45, 7) is 5.19. The van der Waals surface area contributed by atoms with Crippen molar-refractivity contribution in [2.45, 2.75) is 44.1 Å². The molecule has 0 fully saturated rings. The van der Waals surface area contributed by atoms with Crippen molar-refractivity contribution in [1.29, 1.82) is 0 Å². The van der Waals surface area contributed by atoms with Crippen LogP contribution in [0.25, 0.3) is 10.9 Å². The molecular formula is C21H23F3N4OS. The highest BCUT2D eigenvalue weighted by Gasteiger charge is 2.36.